The van der Waals surface area contributed by atoms with Gasteiger partial charge < -0.3 is 4.90 Å². The van der Waals surface area contributed by atoms with E-state index in [1.54, 1.807) is 4.90 Å². The van der Waals surface area contributed by atoms with E-state index >= 15 is 0 Å². The number of halogens is 1. The SMILES string of the molecule is CCN(CC)C(=O)/C(Cl)=C/C1CCCCC1. The van der Waals surface area contributed by atoms with Gasteiger partial charge in [0, 0.05) is 13.1 Å². The average molecular weight is 244 g/mol. The Kier molecular flexibility index (Phi) is 5.89. The van der Waals surface area contributed by atoms with E-state index in [9.17, 15) is 4.79 Å². The molecule has 0 atom stereocenters. The molecule has 0 bridgehead atoms. The van der Waals surface area contributed by atoms with Crippen LogP contribution in [0.25, 0.3) is 0 Å². The maximum atomic E-state index is 11.9. The second-order valence-corrected chi connectivity index (χ2v) is 4.80. The Bertz CT molecular complexity index is 253. The van der Waals surface area contributed by atoms with Gasteiger partial charge in [-0.25, -0.2) is 0 Å². The molecule has 3 heteroatoms. The Morgan fingerprint density at radius 1 is 1.25 bits per heavy atom. The lowest BCUT2D eigenvalue weighted by Gasteiger charge is -2.21. The van der Waals surface area contributed by atoms with Crippen LogP contribution in [0.2, 0.25) is 0 Å². The zero-order valence-corrected chi connectivity index (χ0v) is 11.1. The van der Waals surface area contributed by atoms with Gasteiger partial charge in [-0.2, -0.15) is 0 Å². The normalized spacial score (nSPS) is 18.6. The summed E-state index contributed by atoms with van der Waals surface area (Å²) >= 11 is 6.09. The van der Waals surface area contributed by atoms with Crippen molar-refractivity contribution in [2.75, 3.05) is 13.1 Å². The topological polar surface area (TPSA) is 20.3 Å². The predicted molar refractivity (Wildman–Crippen MR) is 68.4 cm³/mol. The summed E-state index contributed by atoms with van der Waals surface area (Å²) in [6, 6.07) is 0. The predicted octanol–water partition coefficient (Wildman–Crippen LogP) is 3.56. The molecular weight excluding hydrogens is 222 g/mol. The summed E-state index contributed by atoms with van der Waals surface area (Å²) in [4.78, 5) is 13.7. The Morgan fingerprint density at radius 3 is 2.31 bits per heavy atom. The number of likely N-dealkylation sites (N-methyl/N-ethyl adjacent to an activating group) is 1. The molecule has 16 heavy (non-hydrogen) atoms. The van der Waals surface area contributed by atoms with Crippen molar-refractivity contribution in [1.29, 1.82) is 0 Å². The highest BCUT2D eigenvalue weighted by molar-refractivity contribution is 6.42. The quantitative estimate of drug-likeness (QED) is 0.692. The molecule has 0 spiro atoms. The van der Waals surface area contributed by atoms with E-state index in [-0.39, 0.29) is 5.91 Å². The molecule has 0 heterocycles. The van der Waals surface area contributed by atoms with Crippen LogP contribution in [-0.4, -0.2) is 23.9 Å². The molecule has 1 amide bonds. The number of rotatable bonds is 4. The highest BCUT2D eigenvalue weighted by atomic mass is 35.5. The fourth-order valence-electron chi connectivity index (χ4n) is 2.24. The first-order chi connectivity index (χ1) is 7.69. The van der Waals surface area contributed by atoms with Gasteiger partial charge in [0.25, 0.3) is 5.91 Å². The van der Waals surface area contributed by atoms with Gasteiger partial charge >= 0.3 is 0 Å². The Morgan fingerprint density at radius 2 is 1.81 bits per heavy atom. The van der Waals surface area contributed by atoms with Crippen LogP contribution in [0.3, 0.4) is 0 Å². The fourth-order valence-corrected chi connectivity index (χ4v) is 2.54. The van der Waals surface area contributed by atoms with Crippen molar-refractivity contribution in [1.82, 2.24) is 4.90 Å². The van der Waals surface area contributed by atoms with Gasteiger partial charge in [0.2, 0.25) is 0 Å². The van der Waals surface area contributed by atoms with Crippen molar-refractivity contribution >= 4 is 17.5 Å². The van der Waals surface area contributed by atoms with E-state index in [1.807, 2.05) is 19.9 Å². The zero-order chi connectivity index (χ0) is 12.0. The first-order valence-electron chi connectivity index (χ1n) is 6.35. The zero-order valence-electron chi connectivity index (χ0n) is 10.3. The summed E-state index contributed by atoms with van der Waals surface area (Å²) in [7, 11) is 0. The van der Waals surface area contributed by atoms with Crippen LogP contribution in [0.5, 0.6) is 0 Å². The van der Waals surface area contributed by atoms with Crippen LogP contribution in [-0.2, 0) is 4.79 Å². The average Bonchev–Trinajstić information content (AvgIpc) is 2.31. The monoisotopic (exact) mass is 243 g/mol. The molecule has 1 rings (SSSR count). The molecule has 0 saturated heterocycles. The molecule has 0 N–H and O–H groups in total. The van der Waals surface area contributed by atoms with Crippen molar-refractivity contribution in [3.8, 4) is 0 Å². The maximum Gasteiger partial charge on any atom is 0.265 e. The third-order valence-electron chi connectivity index (χ3n) is 3.29. The van der Waals surface area contributed by atoms with E-state index in [4.69, 9.17) is 11.6 Å². The number of amides is 1. The van der Waals surface area contributed by atoms with Crippen LogP contribution in [0.4, 0.5) is 0 Å². The third kappa shape index (κ3) is 3.82. The van der Waals surface area contributed by atoms with E-state index in [0.717, 1.165) is 13.1 Å². The van der Waals surface area contributed by atoms with Crippen molar-refractivity contribution in [3.63, 3.8) is 0 Å². The molecular formula is C13H22ClNO. The maximum absolute atomic E-state index is 11.9. The summed E-state index contributed by atoms with van der Waals surface area (Å²) in [5.74, 6) is 0.498. The lowest BCUT2D eigenvalue weighted by atomic mass is 9.89. The van der Waals surface area contributed by atoms with Gasteiger partial charge in [0.1, 0.15) is 5.03 Å². The molecule has 0 radical (unpaired) electrons. The van der Waals surface area contributed by atoms with Crippen molar-refractivity contribution in [2.24, 2.45) is 5.92 Å². The number of nitrogens with zero attached hydrogens (tertiary/aromatic N) is 1. The lowest BCUT2D eigenvalue weighted by molar-refractivity contribution is -0.126. The van der Waals surface area contributed by atoms with Crippen LogP contribution < -0.4 is 0 Å². The molecule has 0 aromatic rings. The molecule has 1 saturated carbocycles. The summed E-state index contributed by atoms with van der Waals surface area (Å²) in [5, 5.41) is 0.413. The Labute approximate surface area is 104 Å². The van der Waals surface area contributed by atoms with Crippen molar-refractivity contribution < 1.29 is 4.79 Å². The minimum atomic E-state index is -0.0164. The molecule has 92 valence electrons. The van der Waals surface area contributed by atoms with Crippen LogP contribution >= 0.6 is 11.6 Å². The highest BCUT2D eigenvalue weighted by Gasteiger charge is 2.17. The number of carbonyl (C=O) groups excluding carboxylic acids is 1. The smallest absolute Gasteiger partial charge is 0.265 e. The molecule has 0 aromatic carbocycles. The van der Waals surface area contributed by atoms with Gasteiger partial charge in [0.05, 0.1) is 0 Å². The van der Waals surface area contributed by atoms with Gasteiger partial charge in [-0.05, 0) is 32.6 Å². The van der Waals surface area contributed by atoms with E-state index in [2.05, 4.69) is 0 Å². The van der Waals surface area contributed by atoms with Crippen LogP contribution in [0.1, 0.15) is 46.0 Å². The minimum Gasteiger partial charge on any atom is -0.338 e. The summed E-state index contributed by atoms with van der Waals surface area (Å²) in [6.07, 6.45) is 8.20. The molecule has 1 fully saturated rings. The number of hydrogen-bond donors (Lipinski definition) is 0. The second kappa shape index (κ2) is 6.95. The molecule has 0 unspecified atom stereocenters. The lowest BCUT2D eigenvalue weighted by Crippen LogP contribution is -2.30. The Balaban J connectivity index is 2.56. The number of hydrogen-bond acceptors (Lipinski definition) is 1. The van der Waals surface area contributed by atoms with Crippen LogP contribution in [0, 0.1) is 5.92 Å². The standard InChI is InChI=1S/C13H22ClNO/c1-3-15(4-2)13(16)12(14)10-11-8-6-5-7-9-11/h10-11H,3-9H2,1-2H3/b12-10-. The Hall–Kier alpha value is -0.500. The molecule has 2 nitrogen and oxygen atoms in total. The van der Waals surface area contributed by atoms with E-state index in [1.165, 1.54) is 32.1 Å². The van der Waals surface area contributed by atoms with Crippen molar-refractivity contribution in [2.45, 2.75) is 46.0 Å². The number of allylic oxidation sites excluding steroid dienone is 1. The largest absolute Gasteiger partial charge is 0.338 e. The van der Waals surface area contributed by atoms with E-state index in [0.29, 0.717) is 11.0 Å². The van der Waals surface area contributed by atoms with Crippen LogP contribution in [0.15, 0.2) is 11.1 Å². The van der Waals surface area contributed by atoms with Gasteiger partial charge in [-0.15, -0.1) is 0 Å². The molecule has 0 aliphatic heterocycles. The second-order valence-electron chi connectivity index (χ2n) is 4.39. The molecule has 0 aromatic heterocycles. The highest BCUT2D eigenvalue weighted by Crippen LogP contribution is 2.26. The summed E-state index contributed by atoms with van der Waals surface area (Å²) in [6.45, 7) is 5.41. The molecule has 1 aliphatic rings. The first-order valence-corrected chi connectivity index (χ1v) is 6.73. The molecule has 1 aliphatic carbocycles. The third-order valence-corrected chi connectivity index (χ3v) is 3.57. The van der Waals surface area contributed by atoms with Gasteiger partial charge in [0.15, 0.2) is 0 Å². The van der Waals surface area contributed by atoms with Crippen molar-refractivity contribution in [3.05, 3.63) is 11.1 Å². The van der Waals surface area contributed by atoms with Gasteiger partial charge in [-0.3, -0.25) is 4.79 Å². The number of carbonyl (C=O) groups is 1. The van der Waals surface area contributed by atoms with E-state index < -0.39 is 0 Å². The summed E-state index contributed by atoms with van der Waals surface area (Å²) in [5.41, 5.74) is 0. The summed E-state index contributed by atoms with van der Waals surface area (Å²) < 4.78 is 0. The van der Waals surface area contributed by atoms with Gasteiger partial charge in [-0.1, -0.05) is 36.9 Å². The first kappa shape index (κ1) is 13.6. The fraction of sp³-hybridized carbons (Fsp3) is 0.769. The minimum absolute atomic E-state index is 0.0164.